The molecule has 6 heteroatoms. The van der Waals surface area contributed by atoms with E-state index in [1.165, 1.54) is 18.2 Å². The third kappa shape index (κ3) is 2.77. The Morgan fingerprint density at radius 3 is 2.67 bits per heavy atom. The van der Waals surface area contributed by atoms with Crippen LogP contribution < -0.4 is 11.1 Å². The van der Waals surface area contributed by atoms with Crippen molar-refractivity contribution in [3.8, 4) is 0 Å². The quantitative estimate of drug-likeness (QED) is 0.328. The Hall–Kier alpha value is -2.11. The van der Waals surface area contributed by atoms with Gasteiger partial charge in [-0.25, -0.2) is 4.39 Å². The van der Waals surface area contributed by atoms with E-state index < -0.39 is 17.3 Å². The normalized spacial score (nSPS) is 14.9. The van der Waals surface area contributed by atoms with E-state index in [0.29, 0.717) is 6.42 Å². The van der Waals surface area contributed by atoms with E-state index in [0.717, 1.165) is 0 Å². The fourth-order valence-corrected chi connectivity index (χ4v) is 1.41. The summed E-state index contributed by atoms with van der Waals surface area (Å²) in [5, 5.41) is 14.1. The predicted octanol–water partition coefficient (Wildman–Crippen LogP) is 1.47. The second-order valence-corrected chi connectivity index (χ2v) is 4.10. The first-order chi connectivity index (χ1) is 8.44. The Kier molecular flexibility index (Phi) is 4.25. The largest absolute Gasteiger partial charge is 0.409 e. The van der Waals surface area contributed by atoms with Crippen LogP contribution in [0.5, 0.6) is 0 Å². The monoisotopic (exact) mass is 253 g/mol. The van der Waals surface area contributed by atoms with Crippen LogP contribution in [0.4, 0.5) is 4.39 Å². The Bertz CT molecular complexity index is 476. The Balaban J connectivity index is 2.97. The van der Waals surface area contributed by atoms with Crippen LogP contribution in [0.15, 0.2) is 29.4 Å². The molecule has 0 heterocycles. The lowest BCUT2D eigenvalue weighted by atomic mass is 9.97. The van der Waals surface area contributed by atoms with Crippen LogP contribution in [-0.2, 0) is 0 Å². The van der Waals surface area contributed by atoms with E-state index in [4.69, 9.17) is 10.9 Å². The topological polar surface area (TPSA) is 87.7 Å². The molecule has 4 N–H and O–H groups in total. The number of carbonyl (C=O) groups is 1. The van der Waals surface area contributed by atoms with Crippen molar-refractivity contribution in [2.24, 2.45) is 10.9 Å². The molecule has 0 saturated carbocycles. The molecule has 0 aromatic heterocycles. The van der Waals surface area contributed by atoms with Crippen LogP contribution in [0.3, 0.4) is 0 Å². The number of hydrogen-bond acceptors (Lipinski definition) is 3. The van der Waals surface area contributed by atoms with Crippen molar-refractivity contribution in [3.05, 3.63) is 35.6 Å². The number of amides is 1. The Morgan fingerprint density at radius 1 is 1.56 bits per heavy atom. The minimum atomic E-state index is -1.02. The highest BCUT2D eigenvalue weighted by Gasteiger charge is 2.30. The molecule has 1 rings (SSSR count). The van der Waals surface area contributed by atoms with Gasteiger partial charge in [0.2, 0.25) is 0 Å². The highest BCUT2D eigenvalue weighted by molar-refractivity contribution is 6.00. The average Bonchev–Trinajstić information content (AvgIpc) is 2.37. The zero-order valence-corrected chi connectivity index (χ0v) is 10.3. The second-order valence-electron chi connectivity index (χ2n) is 4.10. The maximum absolute atomic E-state index is 13.4. The molecule has 1 amide bonds. The zero-order chi connectivity index (χ0) is 13.8. The molecule has 0 bridgehead atoms. The van der Waals surface area contributed by atoms with Crippen LogP contribution in [0.1, 0.15) is 30.6 Å². The van der Waals surface area contributed by atoms with Gasteiger partial charge in [-0.1, -0.05) is 24.2 Å². The van der Waals surface area contributed by atoms with Gasteiger partial charge in [-0.2, -0.15) is 0 Å². The molecule has 1 aromatic rings. The van der Waals surface area contributed by atoms with Crippen molar-refractivity contribution < 1.29 is 14.4 Å². The summed E-state index contributed by atoms with van der Waals surface area (Å²) in [7, 11) is 0. The van der Waals surface area contributed by atoms with Crippen LogP contribution in [-0.4, -0.2) is 22.5 Å². The summed E-state index contributed by atoms with van der Waals surface area (Å²) in [5.74, 6) is -1.35. The number of carbonyl (C=O) groups excluding carboxylic acids is 1. The molecule has 18 heavy (non-hydrogen) atoms. The van der Waals surface area contributed by atoms with Crippen molar-refractivity contribution in [3.63, 3.8) is 0 Å². The molecule has 1 aromatic carbocycles. The molecule has 0 aliphatic heterocycles. The molecule has 0 fully saturated rings. The van der Waals surface area contributed by atoms with E-state index in [1.807, 2.05) is 0 Å². The highest BCUT2D eigenvalue weighted by atomic mass is 19.1. The SMILES string of the molecule is CCC(C)(NC(=O)c1ccccc1F)/C(N)=N/O. The number of rotatable bonds is 4. The minimum absolute atomic E-state index is 0.0806. The minimum Gasteiger partial charge on any atom is -0.409 e. The van der Waals surface area contributed by atoms with Gasteiger partial charge in [-0.15, -0.1) is 0 Å². The molecule has 0 aliphatic rings. The predicted molar refractivity (Wildman–Crippen MR) is 66.0 cm³/mol. The molecule has 1 atom stereocenters. The van der Waals surface area contributed by atoms with E-state index in [1.54, 1.807) is 19.9 Å². The third-order valence-corrected chi connectivity index (χ3v) is 2.89. The summed E-state index contributed by atoms with van der Waals surface area (Å²) < 4.78 is 13.4. The van der Waals surface area contributed by atoms with Crippen molar-refractivity contribution >= 4 is 11.7 Å². The number of nitrogens with two attached hydrogens (primary N) is 1. The first-order valence-electron chi connectivity index (χ1n) is 5.49. The van der Waals surface area contributed by atoms with Crippen LogP contribution in [0, 0.1) is 5.82 Å². The number of amidine groups is 1. The Labute approximate surface area is 104 Å². The van der Waals surface area contributed by atoms with Gasteiger partial charge in [0.05, 0.1) is 11.1 Å². The molecule has 1 unspecified atom stereocenters. The first kappa shape index (κ1) is 14.0. The lowest BCUT2D eigenvalue weighted by Crippen LogP contribution is -2.55. The maximum atomic E-state index is 13.4. The number of nitrogens with zero attached hydrogens (tertiary/aromatic N) is 1. The summed E-state index contributed by atoms with van der Waals surface area (Å²) >= 11 is 0. The van der Waals surface area contributed by atoms with Crippen molar-refractivity contribution in [1.82, 2.24) is 5.32 Å². The van der Waals surface area contributed by atoms with Crippen molar-refractivity contribution in [1.29, 1.82) is 0 Å². The lowest BCUT2D eigenvalue weighted by Gasteiger charge is -2.28. The average molecular weight is 253 g/mol. The summed E-state index contributed by atoms with van der Waals surface area (Å²) in [6, 6.07) is 5.62. The smallest absolute Gasteiger partial charge is 0.255 e. The van der Waals surface area contributed by atoms with E-state index >= 15 is 0 Å². The van der Waals surface area contributed by atoms with Gasteiger partial charge in [-0.05, 0) is 25.5 Å². The zero-order valence-electron chi connectivity index (χ0n) is 10.3. The van der Waals surface area contributed by atoms with Gasteiger partial charge >= 0.3 is 0 Å². The van der Waals surface area contributed by atoms with E-state index in [2.05, 4.69) is 10.5 Å². The molecule has 0 aliphatic carbocycles. The molecule has 5 nitrogen and oxygen atoms in total. The number of benzene rings is 1. The fraction of sp³-hybridized carbons (Fsp3) is 0.333. The summed E-state index contributed by atoms with van der Waals surface area (Å²) in [5.41, 5.74) is 4.42. The van der Waals surface area contributed by atoms with Crippen LogP contribution >= 0.6 is 0 Å². The van der Waals surface area contributed by atoms with Crippen LogP contribution in [0.25, 0.3) is 0 Å². The second kappa shape index (κ2) is 5.48. The number of hydrogen-bond donors (Lipinski definition) is 3. The standard InChI is InChI=1S/C12H16FN3O2/c1-3-12(2,11(14)16-18)15-10(17)8-6-4-5-7-9(8)13/h4-7,18H,3H2,1-2H3,(H2,14,16)(H,15,17). The van der Waals surface area contributed by atoms with Gasteiger partial charge in [0.15, 0.2) is 5.84 Å². The highest BCUT2D eigenvalue weighted by Crippen LogP contribution is 2.13. The summed E-state index contributed by atoms with van der Waals surface area (Å²) in [6.45, 7) is 3.36. The molecule has 0 spiro atoms. The van der Waals surface area contributed by atoms with E-state index in [-0.39, 0.29) is 11.4 Å². The van der Waals surface area contributed by atoms with Gasteiger partial charge in [0.1, 0.15) is 5.82 Å². The Morgan fingerprint density at radius 2 is 2.17 bits per heavy atom. The summed E-state index contributed by atoms with van der Waals surface area (Å²) in [6.07, 6.45) is 0.406. The third-order valence-electron chi connectivity index (χ3n) is 2.89. The van der Waals surface area contributed by atoms with Gasteiger partial charge in [-0.3, -0.25) is 4.79 Å². The molecular formula is C12H16FN3O2. The van der Waals surface area contributed by atoms with Gasteiger partial charge in [0, 0.05) is 0 Å². The van der Waals surface area contributed by atoms with Crippen LogP contribution in [0.2, 0.25) is 0 Å². The molecule has 0 saturated heterocycles. The number of halogens is 1. The summed E-state index contributed by atoms with van der Waals surface area (Å²) in [4.78, 5) is 11.9. The fourth-order valence-electron chi connectivity index (χ4n) is 1.41. The molecule has 0 radical (unpaired) electrons. The number of nitrogens with one attached hydrogen (secondary N) is 1. The maximum Gasteiger partial charge on any atom is 0.255 e. The first-order valence-corrected chi connectivity index (χ1v) is 5.49. The van der Waals surface area contributed by atoms with Crippen molar-refractivity contribution in [2.45, 2.75) is 25.8 Å². The number of oxime groups is 1. The van der Waals surface area contributed by atoms with Crippen molar-refractivity contribution in [2.75, 3.05) is 0 Å². The van der Waals surface area contributed by atoms with E-state index in [9.17, 15) is 9.18 Å². The molecular weight excluding hydrogens is 237 g/mol. The van der Waals surface area contributed by atoms with Gasteiger partial charge < -0.3 is 16.3 Å². The molecule has 98 valence electrons. The lowest BCUT2D eigenvalue weighted by molar-refractivity contribution is 0.0921. The van der Waals surface area contributed by atoms with Gasteiger partial charge in [0.25, 0.3) is 5.91 Å².